The van der Waals surface area contributed by atoms with E-state index < -0.39 is 5.91 Å². The van der Waals surface area contributed by atoms with E-state index in [0.717, 1.165) is 0 Å². The van der Waals surface area contributed by atoms with E-state index in [1.54, 1.807) is 18.2 Å². The van der Waals surface area contributed by atoms with Crippen LogP contribution in [0.2, 0.25) is 0 Å². The van der Waals surface area contributed by atoms with Crippen LogP contribution in [0.25, 0.3) is 6.08 Å². The van der Waals surface area contributed by atoms with E-state index in [9.17, 15) is 9.90 Å². The summed E-state index contributed by atoms with van der Waals surface area (Å²) < 4.78 is 0.549. The molecule has 0 saturated heterocycles. The van der Waals surface area contributed by atoms with Crippen molar-refractivity contribution < 1.29 is 9.90 Å². The average molecular weight is 242 g/mol. The summed E-state index contributed by atoms with van der Waals surface area (Å²) >= 11 is 3.18. The average Bonchev–Trinajstić information content (AvgIpc) is 2.07. The van der Waals surface area contributed by atoms with E-state index in [4.69, 9.17) is 5.73 Å². The highest BCUT2D eigenvalue weighted by atomic mass is 79.9. The Kier molecular flexibility index (Phi) is 3.08. The number of nitrogens with two attached hydrogens (primary N) is 1. The largest absolute Gasteiger partial charge is 0.507 e. The molecule has 0 spiro atoms. The molecule has 1 amide bonds. The minimum Gasteiger partial charge on any atom is -0.507 e. The first-order chi connectivity index (χ1) is 6.11. The van der Waals surface area contributed by atoms with Gasteiger partial charge in [0.05, 0.1) is 4.47 Å². The van der Waals surface area contributed by atoms with Crippen molar-refractivity contribution in [1.29, 1.82) is 0 Å². The van der Waals surface area contributed by atoms with Crippen LogP contribution in [-0.4, -0.2) is 11.0 Å². The van der Waals surface area contributed by atoms with Gasteiger partial charge in [-0.2, -0.15) is 0 Å². The molecule has 0 saturated carbocycles. The summed E-state index contributed by atoms with van der Waals surface area (Å²) in [5, 5.41) is 9.27. The van der Waals surface area contributed by atoms with E-state index in [2.05, 4.69) is 15.9 Å². The van der Waals surface area contributed by atoms with Crippen molar-refractivity contribution in [3.05, 3.63) is 34.3 Å². The normalized spacial score (nSPS) is 10.5. The molecule has 0 aliphatic heterocycles. The van der Waals surface area contributed by atoms with Gasteiger partial charge in [-0.15, -0.1) is 0 Å². The van der Waals surface area contributed by atoms with E-state index in [1.807, 2.05) is 0 Å². The molecule has 0 unspecified atom stereocenters. The third-order valence-electron chi connectivity index (χ3n) is 1.44. The zero-order chi connectivity index (χ0) is 9.84. The predicted octanol–water partition coefficient (Wildman–Crippen LogP) is 1.65. The van der Waals surface area contributed by atoms with E-state index in [-0.39, 0.29) is 5.75 Å². The number of rotatable bonds is 2. The number of carbonyl (C=O) groups is 1. The van der Waals surface area contributed by atoms with Crippen molar-refractivity contribution >= 4 is 27.9 Å². The monoisotopic (exact) mass is 241 g/mol. The zero-order valence-electron chi connectivity index (χ0n) is 6.70. The quantitative estimate of drug-likeness (QED) is 0.774. The highest BCUT2D eigenvalue weighted by Crippen LogP contribution is 2.27. The molecule has 0 bridgehead atoms. The molecule has 0 aromatic heterocycles. The number of benzene rings is 1. The lowest BCUT2D eigenvalue weighted by atomic mass is 10.2. The molecular weight excluding hydrogens is 234 g/mol. The maximum Gasteiger partial charge on any atom is 0.241 e. The van der Waals surface area contributed by atoms with Crippen LogP contribution in [0.15, 0.2) is 28.7 Å². The fourth-order valence-electron chi connectivity index (χ4n) is 0.838. The first-order valence-corrected chi connectivity index (χ1v) is 4.35. The first kappa shape index (κ1) is 9.80. The van der Waals surface area contributed by atoms with Crippen LogP contribution in [0.3, 0.4) is 0 Å². The van der Waals surface area contributed by atoms with Crippen molar-refractivity contribution in [1.82, 2.24) is 0 Å². The minimum absolute atomic E-state index is 0.131. The van der Waals surface area contributed by atoms with Gasteiger partial charge in [0.1, 0.15) is 5.75 Å². The molecule has 13 heavy (non-hydrogen) atoms. The highest BCUT2D eigenvalue weighted by Gasteiger charge is 2.00. The lowest BCUT2D eigenvalue weighted by Gasteiger charge is -1.99. The summed E-state index contributed by atoms with van der Waals surface area (Å²) in [6.07, 6.45) is 2.77. The number of halogens is 1. The third kappa shape index (κ3) is 2.59. The maximum absolute atomic E-state index is 10.4. The number of primary amides is 1. The lowest BCUT2D eigenvalue weighted by molar-refractivity contribution is -0.113. The standard InChI is InChI=1S/C9H8BrNO2/c10-9-6(4-5-8(11)13)2-1-3-7(9)12/h1-5,12H,(H2,11,13). The second-order valence-corrected chi connectivity index (χ2v) is 3.21. The molecule has 1 rings (SSSR count). The molecule has 4 heteroatoms. The fraction of sp³-hybridized carbons (Fsp3) is 0. The molecule has 68 valence electrons. The minimum atomic E-state index is -0.518. The Morgan fingerprint density at radius 3 is 2.85 bits per heavy atom. The number of hydrogen-bond donors (Lipinski definition) is 2. The van der Waals surface area contributed by atoms with Crippen LogP contribution >= 0.6 is 15.9 Å². The Hall–Kier alpha value is -1.29. The van der Waals surface area contributed by atoms with Crippen LogP contribution in [-0.2, 0) is 4.79 Å². The number of hydrogen-bond acceptors (Lipinski definition) is 2. The topological polar surface area (TPSA) is 63.3 Å². The molecule has 1 aromatic carbocycles. The molecule has 0 atom stereocenters. The number of carbonyl (C=O) groups excluding carboxylic acids is 1. The Bertz CT molecular complexity index is 361. The SMILES string of the molecule is NC(=O)C=Cc1cccc(O)c1Br. The molecule has 3 N–H and O–H groups in total. The van der Waals surface area contributed by atoms with E-state index >= 15 is 0 Å². The number of phenols is 1. The summed E-state index contributed by atoms with van der Waals surface area (Å²) in [5.74, 6) is -0.387. The van der Waals surface area contributed by atoms with Crippen molar-refractivity contribution in [2.24, 2.45) is 5.73 Å². The van der Waals surface area contributed by atoms with Crippen LogP contribution in [0, 0.1) is 0 Å². The Morgan fingerprint density at radius 1 is 1.54 bits per heavy atom. The van der Waals surface area contributed by atoms with Crippen LogP contribution in [0.4, 0.5) is 0 Å². The van der Waals surface area contributed by atoms with Crippen molar-refractivity contribution in [3.63, 3.8) is 0 Å². The number of amides is 1. The number of aromatic hydroxyl groups is 1. The molecule has 0 aliphatic carbocycles. The Morgan fingerprint density at radius 2 is 2.23 bits per heavy atom. The van der Waals surface area contributed by atoms with Crippen LogP contribution < -0.4 is 5.73 Å². The highest BCUT2D eigenvalue weighted by molar-refractivity contribution is 9.10. The van der Waals surface area contributed by atoms with Gasteiger partial charge in [0, 0.05) is 6.08 Å². The van der Waals surface area contributed by atoms with E-state index in [1.165, 1.54) is 12.2 Å². The van der Waals surface area contributed by atoms with Gasteiger partial charge in [-0.25, -0.2) is 0 Å². The van der Waals surface area contributed by atoms with Gasteiger partial charge in [-0.3, -0.25) is 4.79 Å². The van der Waals surface area contributed by atoms with Crippen molar-refractivity contribution in [3.8, 4) is 5.75 Å². The molecule has 0 fully saturated rings. The summed E-state index contributed by atoms with van der Waals surface area (Å²) in [6.45, 7) is 0. The molecule has 0 radical (unpaired) electrons. The summed E-state index contributed by atoms with van der Waals surface area (Å²) in [7, 11) is 0. The van der Waals surface area contributed by atoms with Gasteiger partial charge in [0.2, 0.25) is 5.91 Å². The van der Waals surface area contributed by atoms with Crippen molar-refractivity contribution in [2.75, 3.05) is 0 Å². The second-order valence-electron chi connectivity index (χ2n) is 2.42. The van der Waals surface area contributed by atoms with Gasteiger partial charge < -0.3 is 10.8 Å². The van der Waals surface area contributed by atoms with Gasteiger partial charge in [-0.1, -0.05) is 12.1 Å². The molecule has 0 aliphatic rings. The van der Waals surface area contributed by atoms with Crippen LogP contribution in [0.5, 0.6) is 5.75 Å². The Balaban J connectivity index is 3.02. The van der Waals surface area contributed by atoms with Gasteiger partial charge in [0.25, 0.3) is 0 Å². The zero-order valence-corrected chi connectivity index (χ0v) is 8.28. The fourth-order valence-corrected chi connectivity index (χ4v) is 1.23. The predicted molar refractivity (Wildman–Crippen MR) is 54.0 cm³/mol. The number of phenolic OH excluding ortho intramolecular Hbond substituents is 1. The van der Waals surface area contributed by atoms with Crippen LogP contribution in [0.1, 0.15) is 5.56 Å². The van der Waals surface area contributed by atoms with Gasteiger partial charge in [0.15, 0.2) is 0 Å². The summed E-state index contributed by atoms with van der Waals surface area (Å²) in [5.41, 5.74) is 5.63. The maximum atomic E-state index is 10.4. The smallest absolute Gasteiger partial charge is 0.241 e. The van der Waals surface area contributed by atoms with Crippen molar-refractivity contribution in [2.45, 2.75) is 0 Å². The molecule has 3 nitrogen and oxygen atoms in total. The van der Waals surface area contributed by atoms with E-state index in [0.29, 0.717) is 10.0 Å². The Labute approximate surface area is 84.0 Å². The molecular formula is C9H8BrNO2. The summed E-state index contributed by atoms with van der Waals surface area (Å²) in [6, 6.07) is 4.98. The van der Waals surface area contributed by atoms with Gasteiger partial charge in [-0.05, 0) is 33.6 Å². The lowest BCUT2D eigenvalue weighted by Crippen LogP contribution is -2.05. The molecule has 1 aromatic rings. The van der Waals surface area contributed by atoms with Gasteiger partial charge >= 0.3 is 0 Å². The summed E-state index contributed by atoms with van der Waals surface area (Å²) in [4.78, 5) is 10.4. The first-order valence-electron chi connectivity index (χ1n) is 3.56. The second kappa shape index (κ2) is 4.09. The molecule has 0 heterocycles. The third-order valence-corrected chi connectivity index (χ3v) is 2.30.